The van der Waals surface area contributed by atoms with Gasteiger partial charge < -0.3 is 9.64 Å². The highest BCUT2D eigenvalue weighted by atomic mass is 79.9. The molecule has 0 aromatic heterocycles. The molecule has 0 radical (unpaired) electrons. The molecule has 1 aliphatic rings. The van der Waals surface area contributed by atoms with Crippen LogP contribution in [-0.2, 0) is 9.53 Å². The fourth-order valence-electron chi connectivity index (χ4n) is 2.69. The fourth-order valence-corrected chi connectivity index (χ4v) is 3.06. The second kappa shape index (κ2) is 8.35. The van der Waals surface area contributed by atoms with Crippen LogP contribution in [0, 0.1) is 17.1 Å². The number of nitrogens with zero attached hydrogens (tertiary/aromatic N) is 2. The third kappa shape index (κ3) is 5.49. The number of ether oxygens (including phenoxy) is 1. The molecule has 1 saturated heterocycles. The van der Waals surface area contributed by atoms with Crippen LogP contribution in [0.4, 0.5) is 14.9 Å². The first kappa shape index (κ1) is 21.3. The SMILES string of the molecule is CC(C)(C)OC(=O)N1CCC(C(=O)C(=N)N(O)c2ccc(F)c(Br)c2)CC1. The van der Waals surface area contributed by atoms with E-state index >= 15 is 0 Å². The van der Waals surface area contributed by atoms with Crippen LogP contribution in [0.5, 0.6) is 0 Å². The Morgan fingerprint density at radius 1 is 1.33 bits per heavy atom. The Balaban J connectivity index is 1.95. The Kier molecular flexibility index (Phi) is 6.59. The van der Waals surface area contributed by atoms with Gasteiger partial charge >= 0.3 is 6.09 Å². The molecular weight excluding hydrogens is 421 g/mol. The lowest BCUT2D eigenvalue weighted by molar-refractivity contribution is -0.118. The Morgan fingerprint density at radius 3 is 2.44 bits per heavy atom. The van der Waals surface area contributed by atoms with Crippen molar-refractivity contribution in [2.24, 2.45) is 5.92 Å². The Morgan fingerprint density at radius 2 is 1.93 bits per heavy atom. The monoisotopic (exact) mass is 443 g/mol. The van der Waals surface area contributed by atoms with Crippen LogP contribution in [-0.4, -0.2) is 46.5 Å². The molecule has 27 heavy (non-hydrogen) atoms. The molecule has 1 fully saturated rings. The molecule has 2 rings (SSSR count). The molecule has 0 spiro atoms. The number of hydrogen-bond acceptors (Lipinski definition) is 5. The number of Topliss-reactive ketones (excluding diaryl/α,β-unsaturated/α-hetero) is 1. The van der Waals surface area contributed by atoms with Crippen LogP contribution in [0.1, 0.15) is 33.6 Å². The Hall–Kier alpha value is -2.00. The van der Waals surface area contributed by atoms with Crippen molar-refractivity contribution < 1.29 is 23.9 Å². The summed E-state index contributed by atoms with van der Waals surface area (Å²) >= 11 is 3.00. The van der Waals surface area contributed by atoms with Crippen LogP contribution < -0.4 is 5.06 Å². The van der Waals surface area contributed by atoms with E-state index in [1.807, 2.05) is 0 Å². The Bertz CT molecular complexity index is 743. The molecule has 0 bridgehead atoms. The number of ketones is 1. The van der Waals surface area contributed by atoms with Gasteiger partial charge in [-0.15, -0.1) is 0 Å². The average Bonchev–Trinajstić information content (AvgIpc) is 2.61. The molecule has 1 aromatic carbocycles. The molecule has 9 heteroatoms. The van der Waals surface area contributed by atoms with Gasteiger partial charge in [0.1, 0.15) is 11.4 Å². The summed E-state index contributed by atoms with van der Waals surface area (Å²) in [6, 6.07) is 3.68. The standard InChI is InChI=1S/C18H23BrFN3O4/c1-18(2,3)27-17(25)22-8-6-11(7-9-22)15(24)16(21)23(26)12-4-5-14(20)13(19)10-12/h4-5,10-11,21,26H,6-9H2,1-3H3. The van der Waals surface area contributed by atoms with Gasteiger partial charge in [-0.3, -0.25) is 15.4 Å². The normalized spacial score (nSPS) is 15.4. The molecule has 0 unspecified atom stereocenters. The van der Waals surface area contributed by atoms with E-state index in [2.05, 4.69) is 15.9 Å². The van der Waals surface area contributed by atoms with Crippen molar-refractivity contribution in [3.63, 3.8) is 0 Å². The number of amidine groups is 1. The second-order valence-corrected chi connectivity index (χ2v) is 8.22. The number of amides is 1. The molecule has 0 aliphatic carbocycles. The zero-order valence-corrected chi connectivity index (χ0v) is 17.0. The van der Waals surface area contributed by atoms with Crippen molar-refractivity contribution in [2.45, 2.75) is 39.2 Å². The average molecular weight is 444 g/mol. The lowest BCUT2D eigenvalue weighted by atomic mass is 9.92. The quantitative estimate of drug-likeness (QED) is 0.418. The van der Waals surface area contributed by atoms with Gasteiger partial charge in [0.25, 0.3) is 0 Å². The van der Waals surface area contributed by atoms with Crippen molar-refractivity contribution in [1.82, 2.24) is 4.90 Å². The van der Waals surface area contributed by atoms with Gasteiger partial charge in [0.15, 0.2) is 5.84 Å². The summed E-state index contributed by atoms with van der Waals surface area (Å²) in [7, 11) is 0. The maximum absolute atomic E-state index is 13.3. The fraction of sp³-hybridized carbons (Fsp3) is 0.500. The number of carbonyl (C=O) groups excluding carboxylic acids is 2. The lowest BCUT2D eigenvalue weighted by Gasteiger charge is -2.33. The summed E-state index contributed by atoms with van der Waals surface area (Å²) in [4.78, 5) is 26.1. The van der Waals surface area contributed by atoms with E-state index < -0.39 is 35.0 Å². The number of likely N-dealkylation sites (tertiary alicyclic amines) is 1. The number of rotatable bonds is 3. The maximum atomic E-state index is 13.3. The number of piperidine rings is 1. The first-order chi connectivity index (χ1) is 12.5. The maximum Gasteiger partial charge on any atom is 0.410 e. The smallest absolute Gasteiger partial charge is 0.410 e. The molecular formula is C18H23BrFN3O4. The third-order valence-electron chi connectivity index (χ3n) is 4.11. The highest BCUT2D eigenvalue weighted by molar-refractivity contribution is 9.10. The topological polar surface area (TPSA) is 93.9 Å². The minimum atomic E-state index is -0.593. The predicted octanol–water partition coefficient (Wildman–Crippen LogP) is 3.98. The van der Waals surface area contributed by atoms with E-state index in [-0.39, 0.29) is 10.2 Å². The van der Waals surface area contributed by atoms with Gasteiger partial charge in [0.05, 0.1) is 10.2 Å². The first-order valence-electron chi connectivity index (χ1n) is 8.54. The molecule has 0 saturated carbocycles. The van der Waals surface area contributed by atoms with Crippen LogP contribution in [0.2, 0.25) is 0 Å². The van der Waals surface area contributed by atoms with Crippen LogP contribution in [0.3, 0.4) is 0 Å². The van der Waals surface area contributed by atoms with E-state index in [4.69, 9.17) is 10.1 Å². The molecule has 1 aliphatic heterocycles. The number of hydrogen-bond donors (Lipinski definition) is 2. The summed E-state index contributed by atoms with van der Waals surface area (Å²) < 4.78 is 18.7. The molecule has 2 N–H and O–H groups in total. The number of nitrogens with one attached hydrogen (secondary N) is 1. The molecule has 1 amide bonds. The third-order valence-corrected chi connectivity index (χ3v) is 4.72. The van der Waals surface area contributed by atoms with Crippen LogP contribution in [0.25, 0.3) is 0 Å². The van der Waals surface area contributed by atoms with Crippen molar-refractivity contribution in [2.75, 3.05) is 18.2 Å². The number of benzene rings is 1. The Labute approximate surface area is 165 Å². The van der Waals surface area contributed by atoms with Gasteiger partial charge in [0.2, 0.25) is 5.78 Å². The molecule has 0 atom stereocenters. The minimum absolute atomic E-state index is 0.104. The van der Waals surface area contributed by atoms with Gasteiger partial charge in [0, 0.05) is 19.0 Å². The van der Waals surface area contributed by atoms with Crippen molar-refractivity contribution >= 4 is 39.3 Å². The van der Waals surface area contributed by atoms with Gasteiger partial charge in [-0.2, -0.15) is 0 Å². The zero-order chi connectivity index (χ0) is 20.4. The van der Waals surface area contributed by atoms with Crippen LogP contribution in [0.15, 0.2) is 22.7 Å². The first-order valence-corrected chi connectivity index (χ1v) is 9.33. The van der Waals surface area contributed by atoms with Crippen LogP contribution >= 0.6 is 15.9 Å². The highest BCUT2D eigenvalue weighted by Gasteiger charge is 2.33. The minimum Gasteiger partial charge on any atom is -0.444 e. The lowest BCUT2D eigenvalue weighted by Crippen LogP contribution is -2.45. The van der Waals surface area contributed by atoms with E-state index in [0.29, 0.717) is 31.0 Å². The number of halogens is 2. The summed E-state index contributed by atoms with van der Waals surface area (Å²) in [5.41, 5.74) is -0.486. The predicted molar refractivity (Wildman–Crippen MR) is 102 cm³/mol. The molecule has 148 valence electrons. The largest absolute Gasteiger partial charge is 0.444 e. The number of carbonyl (C=O) groups is 2. The van der Waals surface area contributed by atoms with E-state index in [1.54, 1.807) is 20.8 Å². The summed E-state index contributed by atoms with van der Waals surface area (Å²) in [5.74, 6) is -2.11. The summed E-state index contributed by atoms with van der Waals surface area (Å²) in [6.45, 7) is 6.03. The number of anilines is 1. The van der Waals surface area contributed by atoms with Gasteiger partial charge in [-0.25, -0.2) is 14.2 Å². The summed E-state index contributed by atoms with van der Waals surface area (Å²) in [5, 5.41) is 18.5. The van der Waals surface area contributed by atoms with E-state index in [1.165, 1.54) is 17.0 Å². The highest BCUT2D eigenvalue weighted by Crippen LogP contribution is 2.25. The summed E-state index contributed by atoms with van der Waals surface area (Å²) in [6.07, 6.45) is 0.325. The second-order valence-electron chi connectivity index (χ2n) is 7.36. The molecule has 7 nitrogen and oxygen atoms in total. The van der Waals surface area contributed by atoms with E-state index in [0.717, 1.165) is 6.07 Å². The van der Waals surface area contributed by atoms with Crippen molar-refractivity contribution in [1.29, 1.82) is 5.41 Å². The van der Waals surface area contributed by atoms with Gasteiger partial charge in [-0.1, -0.05) is 0 Å². The van der Waals surface area contributed by atoms with Gasteiger partial charge in [-0.05, 0) is 67.7 Å². The zero-order valence-electron chi connectivity index (χ0n) is 15.5. The van der Waals surface area contributed by atoms with Crippen molar-refractivity contribution in [3.05, 3.63) is 28.5 Å². The van der Waals surface area contributed by atoms with E-state index in [9.17, 15) is 19.2 Å². The molecule has 1 aromatic rings. The van der Waals surface area contributed by atoms with Crippen molar-refractivity contribution in [3.8, 4) is 0 Å². The number of hydroxylamine groups is 1. The molecule has 1 heterocycles.